The van der Waals surface area contributed by atoms with Gasteiger partial charge in [0.2, 0.25) is 5.52 Å². The number of fused-ring (bicyclic) bond motifs is 1. The molecular weight excluding hydrogens is 250 g/mol. The first-order chi connectivity index (χ1) is 9.10. The van der Waals surface area contributed by atoms with Gasteiger partial charge >= 0.3 is 5.97 Å². The first-order valence-corrected chi connectivity index (χ1v) is 5.48. The lowest BCUT2D eigenvalue weighted by atomic mass is 10.1. The van der Waals surface area contributed by atoms with Crippen molar-refractivity contribution >= 4 is 16.9 Å². The lowest BCUT2D eigenvalue weighted by Crippen LogP contribution is -2.28. The van der Waals surface area contributed by atoms with Crippen LogP contribution in [0.3, 0.4) is 0 Å². The monoisotopic (exact) mass is 263 g/mol. The highest BCUT2D eigenvalue weighted by atomic mass is 16.5. The Balaban J connectivity index is 2.70. The number of methoxy groups -OCH3 is 3. The summed E-state index contributed by atoms with van der Waals surface area (Å²) in [6, 6.07) is 4.76. The third kappa shape index (κ3) is 2.24. The topological polar surface area (TPSA) is 71.7 Å². The Kier molecular flexibility index (Phi) is 3.41. The van der Waals surface area contributed by atoms with E-state index >= 15 is 0 Å². The van der Waals surface area contributed by atoms with Gasteiger partial charge in [0.25, 0.3) is 0 Å². The molecule has 0 saturated heterocycles. The van der Waals surface area contributed by atoms with Gasteiger partial charge in [-0.3, -0.25) is 0 Å². The van der Waals surface area contributed by atoms with E-state index in [-0.39, 0.29) is 5.56 Å². The van der Waals surface area contributed by atoms with Crippen LogP contribution in [-0.2, 0) is 4.74 Å². The molecule has 0 bridgehead atoms. The Morgan fingerprint density at radius 2 is 1.74 bits per heavy atom. The van der Waals surface area contributed by atoms with Gasteiger partial charge in [-0.25, -0.2) is 4.79 Å². The van der Waals surface area contributed by atoms with E-state index in [4.69, 9.17) is 9.47 Å². The van der Waals surface area contributed by atoms with Gasteiger partial charge in [-0.05, 0) is 12.1 Å². The van der Waals surface area contributed by atoms with Gasteiger partial charge in [0, 0.05) is 0 Å². The third-order valence-corrected chi connectivity index (χ3v) is 2.76. The predicted molar refractivity (Wildman–Crippen MR) is 67.4 cm³/mol. The number of pyridine rings is 1. The number of carbonyl (C=O) groups excluding carboxylic acids is 1. The maximum absolute atomic E-state index is 11.9. The molecule has 6 heteroatoms. The fraction of sp³-hybridized carbons (Fsp3) is 0.231. The molecule has 1 aromatic heterocycles. The van der Waals surface area contributed by atoms with Crippen molar-refractivity contribution in [2.24, 2.45) is 0 Å². The molecule has 0 fully saturated rings. The molecule has 2 aromatic rings. The van der Waals surface area contributed by atoms with Crippen molar-refractivity contribution in [2.45, 2.75) is 0 Å². The maximum atomic E-state index is 11.9. The summed E-state index contributed by atoms with van der Waals surface area (Å²) in [4.78, 5) is 11.5. The van der Waals surface area contributed by atoms with E-state index < -0.39 is 5.97 Å². The van der Waals surface area contributed by atoms with Crippen molar-refractivity contribution in [3.05, 3.63) is 35.2 Å². The van der Waals surface area contributed by atoms with Gasteiger partial charge in [-0.1, -0.05) is 0 Å². The summed E-state index contributed by atoms with van der Waals surface area (Å²) in [6.07, 6.45) is 1.17. The second-order valence-corrected chi connectivity index (χ2v) is 3.81. The van der Waals surface area contributed by atoms with Crippen LogP contribution in [0.1, 0.15) is 10.4 Å². The van der Waals surface area contributed by atoms with Gasteiger partial charge in [0.05, 0.1) is 32.8 Å². The average Bonchev–Trinajstić information content (AvgIpc) is 2.44. The third-order valence-electron chi connectivity index (χ3n) is 2.76. The summed E-state index contributed by atoms with van der Waals surface area (Å²) >= 11 is 0. The Morgan fingerprint density at radius 1 is 1.11 bits per heavy atom. The van der Waals surface area contributed by atoms with Crippen molar-refractivity contribution < 1.29 is 23.7 Å². The number of hydrogen-bond donors (Lipinski definition) is 0. The highest BCUT2D eigenvalue weighted by molar-refractivity contribution is 5.93. The van der Waals surface area contributed by atoms with E-state index in [9.17, 15) is 10.0 Å². The quantitative estimate of drug-likeness (QED) is 0.474. The summed E-state index contributed by atoms with van der Waals surface area (Å²) in [5.74, 6) is 0.365. The highest BCUT2D eigenvalue weighted by Gasteiger charge is 2.16. The normalized spacial score (nSPS) is 10.3. The lowest BCUT2D eigenvalue weighted by molar-refractivity contribution is -0.577. The van der Waals surface area contributed by atoms with Crippen LogP contribution in [0.2, 0.25) is 0 Å². The maximum Gasteiger partial charge on any atom is 0.344 e. The predicted octanol–water partition coefficient (Wildman–Crippen LogP) is 1.28. The molecule has 0 spiro atoms. The molecule has 0 amide bonds. The SMILES string of the molecule is COC(=O)c1cc2cc(OC)c(OC)cc2[n+]([O-])c1. The number of ether oxygens (including phenoxy) is 3. The molecule has 0 atom stereocenters. The Bertz CT molecular complexity index is 638. The summed E-state index contributed by atoms with van der Waals surface area (Å²) in [5.41, 5.74) is 0.558. The molecule has 19 heavy (non-hydrogen) atoms. The molecule has 0 saturated carbocycles. The number of nitrogens with zero attached hydrogens (tertiary/aromatic N) is 1. The summed E-state index contributed by atoms with van der Waals surface area (Å²) in [7, 11) is 4.25. The lowest BCUT2D eigenvalue weighted by Gasteiger charge is -2.10. The number of aromatic nitrogens is 1. The van der Waals surface area contributed by atoms with Gasteiger partial charge in [-0.15, -0.1) is 0 Å². The zero-order valence-electron chi connectivity index (χ0n) is 10.8. The van der Waals surface area contributed by atoms with Crippen molar-refractivity contribution in [3.63, 3.8) is 0 Å². The Morgan fingerprint density at radius 3 is 2.32 bits per heavy atom. The first kappa shape index (κ1) is 12.9. The van der Waals surface area contributed by atoms with Crippen LogP contribution in [-0.4, -0.2) is 27.3 Å². The number of rotatable bonds is 3. The molecule has 0 aliphatic rings. The fourth-order valence-corrected chi connectivity index (χ4v) is 1.82. The molecule has 2 rings (SSSR count). The van der Waals surface area contributed by atoms with Gasteiger partial charge in [0.1, 0.15) is 5.56 Å². The van der Waals surface area contributed by atoms with Crippen LogP contribution < -0.4 is 14.2 Å². The molecule has 100 valence electrons. The van der Waals surface area contributed by atoms with E-state index in [0.29, 0.717) is 27.1 Å². The van der Waals surface area contributed by atoms with E-state index in [1.807, 2.05) is 0 Å². The molecule has 1 aromatic carbocycles. The molecule has 0 aliphatic carbocycles. The van der Waals surface area contributed by atoms with Gasteiger partial charge in [0.15, 0.2) is 17.7 Å². The summed E-state index contributed by atoms with van der Waals surface area (Å²) in [5, 5.41) is 12.5. The Hall–Kier alpha value is -2.50. The van der Waals surface area contributed by atoms with Crippen LogP contribution in [0.15, 0.2) is 24.4 Å². The second-order valence-electron chi connectivity index (χ2n) is 3.81. The molecule has 1 heterocycles. The number of esters is 1. The minimum absolute atomic E-state index is 0.178. The number of carbonyl (C=O) groups is 1. The summed E-state index contributed by atoms with van der Waals surface area (Å²) < 4.78 is 15.5. The van der Waals surface area contributed by atoms with Crippen molar-refractivity contribution in [2.75, 3.05) is 21.3 Å². The number of benzene rings is 1. The van der Waals surface area contributed by atoms with E-state index in [1.54, 1.807) is 18.2 Å². The second kappa shape index (κ2) is 5.01. The minimum atomic E-state index is -0.568. The molecule has 0 radical (unpaired) electrons. The van der Waals surface area contributed by atoms with Crippen molar-refractivity contribution in [1.82, 2.24) is 0 Å². The molecular formula is C13H13NO5. The standard InChI is InChI=1S/C13H13NO5/c1-17-11-5-8-4-9(13(15)19-3)7-14(16)10(8)6-12(11)18-2/h4-7H,1-3H3. The average molecular weight is 263 g/mol. The highest BCUT2D eigenvalue weighted by Crippen LogP contribution is 2.31. The molecule has 0 aliphatic heterocycles. The molecule has 6 nitrogen and oxygen atoms in total. The molecule has 0 N–H and O–H groups in total. The first-order valence-electron chi connectivity index (χ1n) is 5.48. The number of hydrogen-bond acceptors (Lipinski definition) is 5. The largest absolute Gasteiger partial charge is 0.618 e. The van der Waals surface area contributed by atoms with Crippen LogP contribution in [0.25, 0.3) is 10.9 Å². The van der Waals surface area contributed by atoms with Crippen LogP contribution >= 0.6 is 0 Å². The molecule has 0 unspecified atom stereocenters. The van der Waals surface area contributed by atoms with Gasteiger partial charge < -0.3 is 19.4 Å². The van der Waals surface area contributed by atoms with Crippen molar-refractivity contribution in [3.8, 4) is 11.5 Å². The smallest absolute Gasteiger partial charge is 0.344 e. The van der Waals surface area contributed by atoms with Gasteiger partial charge in [-0.2, -0.15) is 4.73 Å². The van der Waals surface area contributed by atoms with Crippen LogP contribution in [0.5, 0.6) is 11.5 Å². The fourth-order valence-electron chi connectivity index (χ4n) is 1.82. The van der Waals surface area contributed by atoms with Crippen LogP contribution in [0, 0.1) is 5.21 Å². The zero-order valence-corrected chi connectivity index (χ0v) is 10.8. The van der Waals surface area contributed by atoms with Crippen molar-refractivity contribution in [1.29, 1.82) is 0 Å². The summed E-state index contributed by atoms with van der Waals surface area (Å²) in [6.45, 7) is 0. The van der Waals surface area contributed by atoms with E-state index in [0.717, 1.165) is 0 Å². The van der Waals surface area contributed by atoms with E-state index in [2.05, 4.69) is 4.74 Å². The van der Waals surface area contributed by atoms with E-state index in [1.165, 1.54) is 27.5 Å². The Labute approximate surface area is 109 Å². The minimum Gasteiger partial charge on any atom is -0.618 e. The zero-order chi connectivity index (χ0) is 14.0. The van der Waals surface area contributed by atoms with Crippen LogP contribution in [0.4, 0.5) is 0 Å².